The number of aryl methyl sites for hydroxylation is 1. The van der Waals surface area contributed by atoms with E-state index in [1.54, 1.807) is 0 Å². The van der Waals surface area contributed by atoms with Crippen molar-refractivity contribution in [2.45, 2.75) is 95.9 Å². The number of benzene rings is 1. The van der Waals surface area contributed by atoms with Crippen molar-refractivity contribution in [3.63, 3.8) is 0 Å². The summed E-state index contributed by atoms with van der Waals surface area (Å²) < 4.78 is 6.37. The minimum atomic E-state index is -0.419. The zero-order valence-corrected chi connectivity index (χ0v) is 18.9. The van der Waals surface area contributed by atoms with E-state index in [0.29, 0.717) is 6.42 Å². The Balaban J connectivity index is 1.61. The lowest BCUT2D eigenvalue weighted by atomic mass is 9.86. The molecule has 4 nitrogen and oxygen atoms in total. The van der Waals surface area contributed by atoms with Gasteiger partial charge in [-0.05, 0) is 50.8 Å². The highest BCUT2D eigenvalue weighted by Gasteiger charge is 2.48. The lowest BCUT2D eigenvalue weighted by Gasteiger charge is -2.18. The molecule has 5 atom stereocenters. The van der Waals surface area contributed by atoms with Crippen LogP contribution >= 0.6 is 0 Å². The minimum absolute atomic E-state index is 0.0190. The first-order valence-electron chi connectivity index (χ1n) is 12.2. The molecule has 0 amide bonds. The fourth-order valence-electron chi connectivity index (χ4n) is 4.99. The van der Waals surface area contributed by atoms with Crippen LogP contribution in [0.1, 0.15) is 82.3 Å². The van der Waals surface area contributed by atoms with Crippen molar-refractivity contribution in [1.29, 1.82) is 0 Å². The van der Waals surface area contributed by atoms with Gasteiger partial charge in [-0.1, -0.05) is 63.5 Å². The summed E-state index contributed by atoms with van der Waals surface area (Å²) in [7, 11) is 0. The van der Waals surface area contributed by atoms with Crippen LogP contribution in [0.5, 0.6) is 5.75 Å². The van der Waals surface area contributed by atoms with Gasteiger partial charge in [-0.2, -0.15) is 0 Å². The zero-order valence-electron chi connectivity index (χ0n) is 18.9. The second-order valence-electron chi connectivity index (χ2n) is 9.05. The predicted molar refractivity (Wildman–Crippen MR) is 123 cm³/mol. The quantitative estimate of drug-likeness (QED) is 0.322. The number of hydrogen-bond donors (Lipinski definition) is 3. The van der Waals surface area contributed by atoms with E-state index in [-0.39, 0.29) is 17.9 Å². The molecule has 30 heavy (non-hydrogen) atoms. The molecule has 1 aromatic carbocycles. The van der Waals surface area contributed by atoms with Crippen LogP contribution in [0, 0.1) is 5.92 Å². The summed E-state index contributed by atoms with van der Waals surface area (Å²) in [4.78, 5) is 0. The average molecular weight is 416 g/mol. The van der Waals surface area contributed by atoms with E-state index in [9.17, 15) is 10.2 Å². The van der Waals surface area contributed by atoms with Crippen molar-refractivity contribution in [1.82, 2.24) is 5.32 Å². The number of aliphatic hydroxyl groups excluding tert-OH is 2. The number of ether oxygens (including phenoxy) is 1. The minimum Gasteiger partial charge on any atom is -0.489 e. The molecule has 168 valence electrons. The van der Waals surface area contributed by atoms with Gasteiger partial charge >= 0.3 is 0 Å². The fourth-order valence-corrected chi connectivity index (χ4v) is 4.99. The van der Waals surface area contributed by atoms with E-state index in [1.165, 1.54) is 24.0 Å². The van der Waals surface area contributed by atoms with Gasteiger partial charge in [-0.25, -0.2) is 0 Å². The van der Waals surface area contributed by atoms with Crippen molar-refractivity contribution in [3.05, 3.63) is 41.5 Å². The van der Waals surface area contributed by atoms with E-state index in [2.05, 4.69) is 43.4 Å². The Morgan fingerprint density at radius 1 is 1.13 bits per heavy atom. The molecular weight excluding hydrogens is 374 g/mol. The molecule has 1 heterocycles. The topological polar surface area (TPSA) is 61.7 Å². The molecule has 1 aromatic rings. The van der Waals surface area contributed by atoms with Crippen LogP contribution in [0.4, 0.5) is 0 Å². The van der Waals surface area contributed by atoms with Crippen LogP contribution < -0.4 is 10.1 Å². The number of nitrogens with one attached hydrogen (secondary N) is 1. The fraction of sp³-hybridized carbons (Fsp3) is 0.692. The molecule has 0 aromatic heterocycles. The summed E-state index contributed by atoms with van der Waals surface area (Å²) in [6.07, 6.45) is 12.6. The molecular formula is C26H41NO3. The molecule has 1 fully saturated rings. The monoisotopic (exact) mass is 415 g/mol. The normalized spacial score (nSPS) is 26.0. The number of hydrogen-bond acceptors (Lipinski definition) is 4. The smallest absolute Gasteiger partial charge is 0.126 e. The molecule has 4 heteroatoms. The third kappa shape index (κ3) is 5.87. The van der Waals surface area contributed by atoms with E-state index < -0.39 is 12.2 Å². The van der Waals surface area contributed by atoms with Gasteiger partial charge in [0.15, 0.2) is 0 Å². The maximum Gasteiger partial charge on any atom is 0.126 e. The van der Waals surface area contributed by atoms with Gasteiger partial charge in [0.25, 0.3) is 0 Å². The Morgan fingerprint density at radius 2 is 2.00 bits per heavy atom. The SMILES string of the molecule is CCCCC[C@H](O)/C=C/[C@@H]1[C@H]2c3cccc(CCCCNCCC)c3O[C@H]2C[C@H]1O. The van der Waals surface area contributed by atoms with Crippen LogP contribution in [0.2, 0.25) is 0 Å². The van der Waals surface area contributed by atoms with Crippen LogP contribution in [-0.4, -0.2) is 41.6 Å². The Morgan fingerprint density at radius 3 is 2.80 bits per heavy atom. The molecule has 0 bridgehead atoms. The van der Waals surface area contributed by atoms with E-state index in [1.807, 2.05) is 6.08 Å². The van der Waals surface area contributed by atoms with Crippen LogP contribution in [0.15, 0.2) is 30.4 Å². The van der Waals surface area contributed by atoms with Gasteiger partial charge < -0.3 is 20.3 Å². The molecule has 1 aliphatic heterocycles. The molecule has 3 rings (SSSR count). The first-order valence-corrected chi connectivity index (χ1v) is 12.2. The molecule has 0 radical (unpaired) electrons. The Kier molecular flexibility index (Phi) is 9.23. The first-order chi connectivity index (χ1) is 14.7. The highest BCUT2D eigenvalue weighted by atomic mass is 16.5. The first kappa shape index (κ1) is 23.3. The van der Waals surface area contributed by atoms with Gasteiger partial charge in [-0.3, -0.25) is 0 Å². The standard InChI is InChI=1S/C26H41NO3/c1-3-5-6-12-20(28)14-15-21-23(29)18-24-25(21)22-13-9-11-19(26(22)30-24)10-7-8-17-27-16-4-2/h9,11,13-15,20-21,23-25,27-29H,3-8,10,12,16-18H2,1-2H3/b15-14+/t20-,21-,23+,24-,25-/m0/s1. The summed E-state index contributed by atoms with van der Waals surface area (Å²) >= 11 is 0. The summed E-state index contributed by atoms with van der Waals surface area (Å²) in [5.74, 6) is 1.27. The number of unbranched alkanes of at least 4 members (excludes halogenated alkanes) is 3. The van der Waals surface area contributed by atoms with Crippen LogP contribution in [0.3, 0.4) is 0 Å². The third-order valence-electron chi connectivity index (χ3n) is 6.62. The third-order valence-corrected chi connectivity index (χ3v) is 6.62. The predicted octanol–water partition coefficient (Wildman–Crippen LogP) is 4.73. The van der Waals surface area contributed by atoms with Crippen molar-refractivity contribution in [2.75, 3.05) is 13.1 Å². The molecule has 0 saturated heterocycles. The van der Waals surface area contributed by atoms with Gasteiger partial charge in [0.1, 0.15) is 11.9 Å². The summed E-state index contributed by atoms with van der Waals surface area (Å²) in [5, 5.41) is 24.4. The van der Waals surface area contributed by atoms with E-state index in [0.717, 1.165) is 57.4 Å². The maximum atomic E-state index is 10.6. The van der Waals surface area contributed by atoms with Crippen LogP contribution in [0.25, 0.3) is 0 Å². The maximum absolute atomic E-state index is 10.6. The van der Waals surface area contributed by atoms with E-state index in [4.69, 9.17) is 4.74 Å². The van der Waals surface area contributed by atoms with Gasteiger partial charge in [-0.15, -0.1) is 0 Å². The molecule has 0 unspecified atom stereocenters. The van der Waals surface area contributed by atoms with Gasteiger partial charge in [0.2, 0.25) is 0 Å². The molecule has 3 N–H and O–H groups in total. The van der Waals surface area contributed by atoms with Crippen molar-refractivity contribution >= 4 is 0 Å². The summed E-state index contributed by atoms with van der Waals surface area (Å²) in [6.45, 7) is 6.54. The Labute approximate surface area is 182 Å². The van der Waals surface area contributed by atoms with Crippen LogP contribution in [-0.2, 0) is 6.42 Å². The zero-order chi connectivity index (χ0) is 21.3. The Bertz CT molecular complexity index is 674. The highest BCUT2D eigenvalue weighted by molar-refractivity contribution is 5.49. The lowest BCUT2D eigenvalue weighted by molar-refractivity contribution is 0.135. The number of rotatable bonds is 13. The molecule has 1 saturated carbocycles. The van der Waals surface area contributed by atoms with Crippen molar-refractivity contribution in [3.8, 4) is 5.75 Å². The molecule has 1 aliphatic carbocycles. The summed E-state index contributed by atoms with van der Waals surface area (Å²) in [6, 6.07) is 6.50. The van der Waals surface area contributed by atoms with E-state index >= 15 is 0 Å². The largest absolute Gasteiger partial charge is 0.489 e. The number of aliphatic hydroxyl groups is 2. The van der Waals surface area contributed by atoms with Crippen molar-refractivity contribution in [2.24, 2.45) is 5.92 Å². The average Bonchev–Trinajstić information content (AvgIpc) is 3.24. The lowest BCUT2D eigenvalue weighted by Crippen LogP contribution is -2.17. The molecule has 2 aliphatic rings. The van der Waals surface area contributed by atoms with Gasteiger partial charge in [0, 0.05) is 23.8 Å². The Hall–Kier alpha value is -1.36. The molecule has 0 spiro atoms. The second kappa shape index (κ2) is 11.9. The second-order valence-corrected chi connectivity index (χ2v) is 9.05. The summed E-state index contributed by atoms with van der Waals surface area (Å²) in [5.41, 5.74) is 2.54. The van der Waals surface area contributed by atoms with Gasteiger partial charge in [0.05, 0.1) is 12.2 Å². The van der Waals surface area contributed by atoms with Crippen molar-refractivity contribution < 1.29 is 14.9 Å². The number of para-hydroxylation sites is 1. The highest BCUT2D eigenvalue weighted by Crippen LogP contribution is 2.52. The number of fused-ring (bicyclic) bond motifs is 3.